The van der Waals surface area contributed by atoms with Gasteiger partial charge in [-0.2, -0.15) is 0 Å². The number of aryl methyl sites for hydroxylation is 1. The van der Waals surface area contributed by atoms with Crippen molar-refractivity contribution in [2.24, 2.45) is 0 Å². The molecule has 2 N–H and O–H groups in total. The van der Waals surface area contributed by atoms with Gasteiger partial charge in [-0.3, -0.25) is 14.2 Å². The van der Waals surface area contributed by atoms with Crippen LogP contribution in [0.2, 0.25) is 0 Å². The summed E-state index contributed by atoms with van der Waals surface area (Å²) in [4.78, 5) is 25.3. The molecule has 0 aliphatic rings. The number of nitrogens with zero attached hydrogens (tertiary/aromatic N) is 1. The fourth-order valence-corrected chi connectivity index (χ4v) is 3.62. The average Bonchev–Trinajstić information content (AvgIpc) is 2.77. The molecule has 32 heavy (non-hydrogen) atoms. The predicted octanol–water partition coefficient (Wildman–Crippen LogP) is 3.66. The first-order valence-electron chi connectivity index (χ1n) is 9.72. The van der Waals surface area contributed by atoms with Crippen LogP contribution in [0.15, 0.2) is 51.7 Å². The summed E-state index contributed by atoms with van der Waals surface area (Å²) in [7, 11) is 1.51. The van der Waals surface area contributed by atoms with Gasteiger partial charge in [-0.25, -0.2) is 8.78 Å². The van der Waals surface area contributed by atoms with Crippen molar-refractivity contribution >= 4 is 21.8 Å². The quantitative estimate of drug-likeness (QED) is 0.512. The van der Waals surface area contributed by atoms with Crippen LogP contribution in [0, 0.1) is 18.6 Å². The smallest absolute Gasteiger partial charge is 0.273 e. The van der Waals surface area contributed by atoms with Crippen LogP contribution in [0.25, 0.3) is 5.69 Å². The Morgan fingerprint density at radius 3 is 2.59 bits per heavy atom. The summed E-state index contributed by atoms with van der Waals surface area (Å²) in [5.74, 6) is -1.61. The number of nitrogens with one attached hydrogen (secondary N) is 1. The average molecular weight is 507 g/mol. The molecule has 2 aromatic carbocycles. The number of carbonyl (C=O) groups is 1. The fraction of sp³-hybridized carbons (Fsp3) is 0.217. The second-order valence-electron chi connectivity index (χ2n) is 7.03. The van der Waals surface area contributed by atoms with E-state index in [0.29, 0.717) is 16.9 Å². The van der Waals surface area contributed by atoms with E-state index < -0.39 is 17.2 Å². The molecule has 0 saturated carbocycles. The van der Waals surface area contributed by atoms with Crippen molar-refractivity contribution in [2.45, 2.75) is 20.0 Å². The molecule has 0 aliphatic carbocycles. The zero-order chi connectivity index (χ0) is 23.4. The summed E-state index contributed by atoms with van der Waals surface area (Å²) < 4.78 is 34.2. The molecule has 0 fully saturated rings. The van der Waals surface area contributed by atoms with Crippen LogP contribution in [0.1, 0.15) is 27.2 Å². The molecule has 1 heterocycles. The van der Waals surface area contributed by atoms with Crippen LogP contribution >= 0.6 is 15.9 Å². The highest BCUT2D eigenvalue weighted by atomic mass is 79.9. The van der Waals surface area contributed by atoms with Gasteiger partial charge in [0.1, 0.15) is 28.5 Å². The summed E-state index contributed by atoms with van der Waals surface area (Å²) in [6.07, 6.45) is 0.132. The van der Waals surface area contributed by atoms with E-state index in [0.717, 1.165) is 17.7 Å². The van der Waals surface area contributed by atoms with Gasteiger partial charge in [0.25, 0.3) is 11.5 Å². The first-order valence-corrected chi connectivity index (χ1v) is 10.5. The fourth-order valence-electron chi connectivity index (χ4n) is 3.21. The summed E-state index contributed by atoms with van der Waals surface area (Å²) >= 11 is 3.25. The van der Waals surface area contributed by atoms with E-state index in [4.69, 9.17) is 4.74 Å². The minimum absolute atomic E-state index is 0.0893. The van der Waals surface area contributed by atoms with E-state index in [9.17, 15) is 23.5 Å². The van der Waals surface area contributed by atoms with E-state index in [1.165, 1.54) is 17.7 Å². The van der Waals surface area contributed by atoms with Crippen LogP contribution in [-0.2, 0) is 13.0 Å². The van der Waals surface area contributed by atoms with Crippen LogP contribution in [0.3, 0.4) is 0 Å². The maximum Gasteiger partial charge on any atom is 0.273 e. The molecule has 0 bridgehead atoms. The van der Waals surface area contributed by atoms with Crippen molar-refractivity contribution in [1.82, 2.24) is 9.88 Å². The van der Waals surface area contributed by atoms with Crippen LogP contribution in [0.5, 0.6) is 5.75 Å². The number of rotatable bonds is 7. The monoisotopic (exact) mass is 506 g/mol. The summed E-state index contributed by atoms with van der Waals surface area (Å²) in [5, 5.41) is 12.1. The van der Waals surface area contributed by atoms with E-state index in [1.54, 1.807) is 31.2 Å². The van der Waals surface area contributed by atoms with Crippen molar-refractivity contribution in [1.29, 1.82) is 0 Å². The molecule has 0 saturated heterocycles. The van der Waals surface area contributed by atoms with Crippen molar-refractivity contribution in [3.63, 3.8) is 0 Å². The molecule has 3 aromatic rings. The van der Waals surface area contributed by atoms with Gasteiger partial charge >= 0.3 is 0 Å². The van der Waals surface area contributed by atoms with Crippen LogP contribution in [-0.4, -0.2) is 29.2 Å². The van der Waals surface area contributed by atoms with E-state index >= 15 is 0 Å². The van der Waals surface area contributed by atoms with Gasteiger partial charge in [0.15, 0.2) is 0 Å². The van der Waals surface area contributed by atoms with Gasteiger partial charge in [0, 0.05) is 49.0 Å². The Morgan fingerprint density at radius 1 is 1.19 bits per heavy atom. The lowest BCUT2D eigenvalue weighted by atomic mass is 10.1. The highest BCUT2D eigenvalue weighted by molar-refractivity contribution is 9.10. The minimum Gasteiger partial charge on any atom is -0.487 e. The number of hydrogen-bond donors (Lipinski definition) is 2. The number of halogens is 3. The molecular formula is C23H21BrF2N2O4. The number of aliphatic hydroxyl groups is 1. The SMILES string of the molecule is CNC(=O)c1ccc(C)c(-n2c(CCO)cc(OCc3ccc(F)cc3F)c(Br)c2=O)c1. The van der Waals surface area contributed by atoms with Crippen molar-refractivity contribution < 1.29 is 23.4 Å². The normalized spacial score (nSPS) is 10.8. The van der Waals surface area contributed by atoms with Crippen molar-refractivity contribution in [3.05, 3.63) is 91.3 Å². The highest BCUT2D eigenvalue weighted by Gasteiger charge is 2.18. The highest BCUT2D eigenvalue weighted by Crippen LogP contribution is 2.27. The number of pyridine rings is 1. The third kappa shape index (κ3) is 4.89. The third-order valence-corrected chi connectivity index (χ3v) is 5.63. The Hall–Kier alpha value is -3.04. The number of benzene rings is 2. The first-order chi connectivity index (χ1) is 15.3. The van der Waals surface area contributed by atoms with Gasteiger partial charge in [-0.15, -0.1) is 0 Å². The lowest BCUT2D eigenvalue weighted by Crippen LogP contribution is -2.25. The second kappa shape index (κ2) is 10.1. The number of aliphatic hydroxyl groups excluding tert-OH is 1. The van der Waals surface area contributed by atoms with Crippen LogP contribution < -0.4 is 15.6 Å². The molecule has 9 heteroatoms. The van der Waals surface area contributed by atoms with Gasteiger partial charge in [-0.05, 0) is 52.7 Å². The Balaban J connectivity index is 2.07. The predicted molar refractivity (Wildman–Crippen MR) is 119 cm³/mol. The standard InChI is InChI=1S/C23H21BrF2N2O4/c1-13-3-4-14(22(30)27-2)9-19(13)28-17(7-8-29)11-20(21(24)23(28)31)32-12-15-5-6-16(25)10-18(15)26/h3-6,9-11,29H,7-8,12H2,1-2H3,(H,27,30). The molecule has 0 aliphatic heterocycles. The van der Waals surface area contributed by atoms with Gasteiger partial charge in [-0.1, -0.05) is 6.07 Å². The zero-order valence-corrected chi connectivity index (χ0v) is 19.0. The zero-order valence-electron chi connectivity index (χ0n) is 17.4. The number of carbonyl (C=O) groups excluding carboxylic acids is 1. The van der Waals surface area contributed by atoms with Crippen molar-refractivity contribution in [3.8, 4) is 11.4 Å². The topological polar surface area (TPSA) is 80.6 Å². The Labute approximate surface area is 191 Å². The van der Waals surface area contributed by atoms with Gasteiger partial charge in [0.05, 0.1) is 5.69 Å². The summed E-state index contributed by atoms with van der Waals surface area (Å²) in [5.41, 5.74) is 1.69. The van der Waals surface area contributed by atoms with E-state index in [1.807, 2.05) is 0 Å². The molecule has 0 spiro atoms. The lowest BCUT2D eigenvalue weighted by Gasteiger charge is -2.18. The Kier molecular flexibility index (Phi) is 7.42. The number of ether oxygens (including phenoxy) is 1. The molecule has 1 aromatic heterocycles. The Bertz CT molecular complexity index is 1230. The molecule has 3 rings (SSSR count). The number of aromatic nitrogens is 1. The summed E-state index contributed by atoms with van der Waals surface area (Å²) in [6, 6.07) is 9.68. The molecule has 0 atom stereocenters. The maximum atomic E-state index is 13.9. The number of hydrogen-bond acceptors (Lipinski definition) is 4. The maximum absolute atomic E-state index is 13.9. The number of amides is 1. The van der Waals surface area contributed by atoms with Gasteiger partial charge in [0.2, 0.25) is 0 Å². The van der Waals surface area contributed by atoms with Crippen molar-refractivity contribution in [2.75, 3.05) is 13.7 Å². The Morgan fingerprint density at radius 2 is 1.94 bits per heavy atom. The molecule has 1 amide bonds. The van der Waals surface area contributed by atoms with Crippen LogP contribution in [0.4, 0.5) is 8.78 Å². The molecule has 6 nitrogen and oxygen atoms in total. The summed E-state index contributed by atoms with van der Waals surface area (Å²) in [6.45, 7) is 1.34. The minimum atomic E-state index is -0.758. The van der Waals surface area contributed by atoms with Gasteiger partial charge < -0.3 is 15.2 Å². The van der Waals surface area contributed by atoms with E-state index in [2.05, 4.69) is 21.2 Å². The largest absolute Gasteiger partial charge is 0.487 e. The molecular weight excluding hydrogens is 486 g/mol. The first kappa shape index (κ1) is 23.6. The lowest BCUT2D eigenvalue weighted by molar-refractivity contribution is 0.0963. The molecule has 0 unspecified atom stereocenters. The molecule has 168 valence electrons. The molecule has 0 radical (unpaired) electrons. The second-order valence-corrected chi connectivity index (χ2v) is 7.83. The van der Waals surface area contributed by atoms with E-state index in [-0.39, 0.29) is 41.3 Å². The third-order valence-electron chi connectivity index (χ3n) is 4.90.